The lowest BCUT2D eigenvalue weighted by atomic mass is 10.1. The van der Waals surface area contributed by atoms with Gasteiger partial charge in [0.05, 0.1) is 6.26 Å². The molecule has 0 atom stereocenters. The maximum atomic E-state index is 12.3. The lowest BCUT2D eigenvalue weighted by molar-refractivity contribution is 0.0598. The van der Waals surface area contributed by atoms with Crippen LogP contribution >= 0.6 is 0 Å². The molecule has 6 nitrogen and oxygen atoms in total. The van der Waals surface area contributed by atoms with Crippen molar-refractivity contribution in [2.24, 2.45) is 0 Å². The van der Waals surface area contributed by atoms with Crippen LogP contribution in [0, 0.1) is 6.92 Å². The maximum absolute atomic E-state index is 12.3. The molecule has 0 bridgehead atoms. The molecule has 134 valence electrons. The van der Waals surface area contributed by atoms with Gasteiger partial charge in [0.25, 0.3) is 5.91 Å². The van der Waals surface area contributed by atoms with E-state index in [0.29, 0.717) is 31.0 Å². The minimum atomic E-state index is -0.329. The third-order valence-corrected chi connectivity index (χ3v) is 4.77. The fourth-order valence-corrected chi connectivity index (χ4v) is 3.37. The largest absolute Gasteiger partial charge is 0.459 e. The maximum Gasteiger partial charge on any atom is 0.336 e. The normalized spacial score (nSPS) is 15.5. The number of furan rings is 1. The molecular weight excluding hydrogens is 332 g/mol. The van der Waals surface area contributed by atoms with Gasteiger partial charge < -0.3 is 13.7 Å². The second-order valence-corrected chi connectivity index (χ2v) is 6.64. The molecule has 26 heavy (non-hydrogen) atoms. The van der Waals surface area contributed by atoms with E-state index in [2.05, 4.69) is 4.90 Å². The van der Waals surface area contributed by atoms with Crippen molar-refractivity contribution in [3.05, 3.63) is 70.0 Å². The summed E-state index contributed by atoms with van der Waals surface area (Å²) >= 11 is 0. The van der Waals surface area contributed by atoms with Crippen LogP contribution in [0.15, 0.2) is 56.3 Å². The molecule has 1 saturated heterocycles. The molecule has 1 amide bonds. The zero-order chi connectivity index (χ0) is 18.1. The Morgan fingerprint density at radius 3 is 2.65 bits per heavy atom. The minimum absolute atomic E-state index is 0.0732. The molecule has 0 unspecified atom stereocenters. The molecule has 0 N–H and O–H groups in total. The van der Waals surface area contributed by atoms with E-state index < -0.39 is 0 Å². The SMILES string of the molecule is Cc1ccc2c(CN3CCN(C(=O)c4ccco4)CC3)cc(=O)oc2c1. The molecule has 3 heterocycles. The third-order valence-electron chi connectivity index (χ3n) is 4.77. The molecule has 0 spiro atoms. The molecule has 0 aliphatic carbocycles. The quantitative estimate of drug-likeness (QED) is 0.678. The first-order valence-electron chi connectivity index (χ1n) is 8.69. The first kappa shape index (κ1) is 16.6. The van der Waals surface area contributed by atoms with Crippen molar-refractivity contribution in [2.75, 3.05) is 26.2 Å². The van der Waals surface area contributed by atoms with Crippen LogP contribution in [0.2, 0.25) is 0 Å². The predicted molar refractivity (Wildman–Crippen MR) is 97.1 cm³/mol. The molecule has 4 rings (SSSR count). The first-order valence-corrected chi connectivity index (χ1v) is 8.69. The molecule has 1 aromatic carbocycles. The van der Waals surface area contributed by atoms with Gasteiger partial charge in [-0.05, 0) is 36.2 Å². The number of rotatable bonds is 3. The number of nitrogens with zero attached hydrogens (tertiary/aromatic N) is 2. The van der Waals surface area contributed by atoms with Crippen molar-refractivity contribution in [1.82, 2.24) is 9.80 Å². The van der Waals surface area contributed by atoms with E-state index >= 15 is 0 Å². The lowest BCUT2D eigenvalue weighted by Gasteiger charge is -2.34. The van der Waals surface area contributed by atoms with Gasteiger partial charge in [-0.2, -0.15) is 0 Å². The van der Waals surface area contributed by atoms with Crippen molar-refractivity contribution in [3.63, 3.8) is 0 Å². The number of benzene rings is 1. The summed E-state index contributed by atoms with van der Waals surface area (Å²) in [6.07, 6.45) is 1.51. The van der Waals surface area contributed by atoms with Crippen LogP contribution in [-0.2, 0) is 6.54 Å². The summed E-state index contributed by atoms with van der Waals surface area (Å²) < 4.78 is 10.5. The summed E-state index contributed by atoms with van der Waals surface area (Å²) in [5.41, 5.74) is 2.31. The highest BCUT2D eigenvalue weighted by Gasteiger charge is 2.24. The second kappa shape index (κ2) is 6.80. The predicted octanol–water partition coefficient (Wildman–Crippen LogP) is 2.65. The molecule has 0 radical (unpaired) electrons. The molecule has 3 aromatic rings. The summed E-state index contributed by atoms with van der Waals surface area (Å²) in [6, 6.07) is 10.9. The number of fused-ring (bicyclic) bond motifs is 1. The zero-order valence-electron chi connectivity index (χ0n) is 14.6. The van der Waals surface area contributed by atoms with Gasteiger partial charge in [0.2, 0.25) is 0 Å². The monoisotopic (exact) mass is 352 g/mol. The Bertz CT molecular complexity index is 983. The number of hydrogen-bond acceptors (Lipinski definition) is 5. The summed E-state index contributed by atoms with van der Waals surface area (Å²) in [4.78, 5) is 28.3. The fraction of sp³-hybridized carbons (Fsp3) is 0.300. The van der Waals surface area contributed by atoms with Crippen molar-refractivity contribution < 1.29 is 13.6 Å². The highest BCUT2D eigenvalue weighted by Crippen LogP contribution is 2.20. The Kier molecular flexibility index (Phi) is 4.34. The van der Waals surface area contributed by atoms with E-state index in [9.17, 15) is 9.59 Å². The van der Waals surface area contributed by atoms with Crippen LogP contribution < -0.4 is 5.63 Å². The average molecular weight is 352 g/mol. The summed E-state index contributed by atoms with van der Waals surface area (Å²) in [6.45, 7) is 5.41. The lowest BCUT2D eigenvalue weighted by Crippen LogP contribution is -2.48. The van der Waals surface area contributed by atoms with Crippen molar-refractivity contribution in [1.29, 1.82) is 0 Å². The Hall–Kier alpha value is -2.86. The van der Waals surface area contributed by atoms with E-state index in [-0.39, 0.29) is 11.5 Å². The highest BCUT2D eigenvalue weighted by molar-refractivity contribution is 5.91. The Labute approximate surface area is 150 Å². The van der Waals surface area contributed by atoms with E-state index in [1.165, 1.54) is 6.26 Å². The van der Waals surface area contributed by atoms with E-state index in [0.717, 1.165) is 29.6 Å². The van der Waals surface area contributed by atoms with Crippen LogP contribution in [0.5, 0.6) is 0 Å². The van der Waals surface area contributed by atoms with E-state index in [1.807, 2.05) is 25.1 Å². The first-order chi connectivity index (χ1) is 12.6. The van der Waals surface area contributed by atoms with E-state index in [4.69, 9.17) is 8.83 Å². The van der Waals surface area contributed by atoms with Gasteiger partial charge >= 0.3 is 5.63 Å². The Balaban J connectivity index is 1.47. The molecular formula is C20H20N2O4. The van der Waals surface area contributed by atoms with Gasteiger partial charge in [-0.1, -0.05) is 12.1 Å². The number of amides is 1. The molecule has 1 aliphatic heterocycles. The second-order valence-electron chi connectivity index (χ2n) is 6.64. The van der Waals surface area contributed by atoms with Crippen LogP contribution in [0.1, 0.15) is 21.7 Å². The number of piperazine rings is 1. The molecule has 6 heteroatoms. The number of carbonyl (C=O) groups is 1. The van der Waals surface area contributed by atoms with Crippen molar-refractivity contribution in [3.8, 4) is 0 Å². The number of carbonyl (C=O) groups excluding carboxylic acids is 1. The summed E-state index contributed by atoms with van der Waals surface area (Å²) in [5, 5.41) is 0.962. The molecule has 1 fully saturated rings. The minimum Gasteiger partial charge on any atom is -0.459 e. The number of aryl methyl sites for hydroxylation is 1. The van der Waals surface area contributed by atoms with Crippen molar-refractivity contribution >= 4 is 16.9 Å². The van der Waals surface area contributed by atoms with Gasteiger partial charge in [0.1, 0.15) is 5.58 Å². The topological polar surface area (TPSA) is 66.9 Å². The fourth-order valence-electron chi connectivity index (χ4n) is 3.37. The van der Waals surface area contributed by atoms with Crippen LogP contribution in [0.3, 0.4) is 0 Å². The van der Waals surface area contributed by atoms with Gasteiger partial charge in [-0.25, -0.2) is 4.79 Å². The Morgan fingerprint density at radius 2 is 1.92 bits per heavy atom. The molecule has 0 saturated carbocycles. The molecule has 1 aliphatic rings. The smallest absolute Gasteiger partial charge is 0.336 e. The van der Waals surface area contributed by atoms with Gasteiger partial charge in [0, 0.05) is 44.2 Å². The van der Waals surface area contributed by atoms with Crippen LogP contribution in [-0.4, -0.2) is 41.9 Å². The van der Waals surface area contributed by atoms with Crippen LogP contribution in [0.4, 0.5) is 0 Å². The summed E-state index contributed by atoms with van der Waals surface area (Å²) in [5.74, 6) is 0.302. The average Bonchev–Trinajstić information content (AvgIpc) is 3.16. The highest BCUT2D eigenvalue weighted by atomic mass is 16.4. The van der Waals surface area contributed by atoms with Crippen LogP contribution in [0.25, 0.3) is 11.0 Å². The van der Waals surface area contributed by atoms with Gasteiger partial charge in [0.15, 0.2) is 5.76 Å². The van der Waals surface area contributed by atoms with Gasteiger partial charge in [-0.15, -0.1) is 0 Å². The third kappa shape index (κ3) is 3.28. The van der Waals surface area contributed by atoms with Gasteiger partial charge in [-0.3, -0.25) is 9.69 Å². The number of hydrogen-bond donors (Lipinski definition) is 0. The molecule has 2 aromatic heterocycles. The zero-order valence-corrected chi connectivity index (χ0v) is 14.6. The standard InChI is InChI=1S/C20H20N2O4/c1-14-4-5-16-15(12-19(23)26-18(16)11-14)13-21-6-8-22(9-7-21)20(24)17-3-2-10-25-17/h2-5,10-12H,6-9,13H2,1H3. The summed E-state index contributed by atoms with van der Waals surface area (Å²) in [7, 11) is 0. The Morgan fingerprint density at radius 1 is 1.12 bits per heavy atom. The van der Waals surface area contributed by atoms with Crippen molar-refractivity contribution in [2.45, 2.75) is 13.5 Å². The van der Waals surface area contributed by atoms with E-state index in [1.54, 1.807) is 23.1 Å².